The topological polar surface area (TPSA) is 83.2 Å². The Labute approximate surface area is 214 Å². The van der Waals surface area contributed by atoms with Crippen LogP contribution in [0.1, 0.15) is 50.2 Å². The lowest BCUT2D eigenvalue weighted by molar-refractivity contribution is -0.145. The van der Waals surface area contributed by atoms with Crippen molar-refractivity contribution in [1.82, 2.24) is 15.6 Å². The van der Waals surface area contributed by atoms with Crippen LogP contribution in [0, 0.1) is 0 Å². The van der Waals surface area contributed by atoms with Crippen LogP contribution in [0.4, 0.5) is 0 Å². The first-order chi connectivity index (χ1) is 17.5. The van der Waals surface area contributed by atoms with Gasteiger partial charge in [0.15, 0.2) is 0 Å². The van der Waals surface area contributed by atoms with Crippen molar-refractivity contribution in [3.63, 3.8) is 0 Å². The highest BCUT2D eigenvalue weighted by Gasteiger charge is 2.28. The number of hydrogen-bond donors (Lipinski definition) is 3. The number of nitrogens with one attached hydrogen (secondary N) is 3. The number of hydrogen-bond acceptors (Lipinski definition) is 4. The maximum atomic E-state index is 13.5. The molecule has 6 heteroatoms. The summed E-state index contributed by atoms with van der Waals surface area (Å²) in [5.74, 6) is -0.641. The number of esters is 1. The van der Waals surface area contributed by atoms with Gasteiger partial charge in [-0.15, -0.1) is 6.58 Å². The Morgan fingerprint density at radius 2 is 1.78 bits per heavy atom. The molecule has 0 fully saturated rings. The number of benzene rings is 2. The molecule has 3 rings (SSSR count). The van der Waals surface area contributed by atoms with Gasteiger partial charge in [0.05, 0.1) is 13.2 Å². The number of ether oxygens (including phenoxy) is 1. The number of aryl methyl sites for hydroxylation is 1. The van der Waals surface area contributed by atoms with Gasteiger partial charge in [-0.3, -0.25) is 10.1 Å². The van der Waals surface area contributed by atoms with Gasteiger partial charge >= 0.3 is 5.97 Å². The molecule has 0 saturated heterocycles. The number of fused-ring (bicyclic) bond motifs is 1. The van der Waals surface area contributed by atoms with E-state index < -0.39 is 18.1 Å². The quantitative estimate of drug-likeness (QED) is 0.158. The molecule has 3 aromatic rings. The van der Waals surface area contributed by atoms with Crippen LogP contribution in [0.5, 0.6) is 0 Å². The molecule has 36 heavy (non-hydrogen) atoms. The molecule has 0 aliphatic carbocycles. The van der Waals surface area contributed by atoms with Crippen molar-refractivity contribution in [2.45, 2.75) is 70.0 Å². The van der Waals surface area contributed by atoms with E-state index in [1.807, 2.05) is 54.7 Å². The van der Waals surface area contributed by atoms with Crippen molar-refractivity contribution in [2.24, 2.45) is 0 Å². The normalized spacial score (nSPS) is 13.6. The predicted molar refractivity (Wildman–Crippen MR) is 146 cm³/mol. The molecule has 0 saturated carbocycles. The second kappa shape index (κ2) is 14.2. The van der Waals surface area contributed by atoms with Crippen molar-refractivity contribution in [3.05, 3.63) is 84.6 Å². The number of aromatic amines is 1. The second-order valence-corrected chi connectivity index (χ2v) is 9.23. The maximum absolute atomic E-state index is 13.5. The van der Waals surface area contributed by atoms with Crippen LogP contribution < -0.4 is 10.6 Å². The Bertz CT molecular complexity index is 1110. The molecule has 3 atom stereocenters. The first kappa shape index (κ1) is 27.2. The summed E-state index contributed by atoms with van der Waals surface area (Å²) < 4.78 is 5.04. The van der Waals surface area contributed by atoms with Gasteiger partial charge in [0, 0.05) is 29.6 Å². The van der Waals surface area contributed by atoms with Crippen molar-refractivity contribution < 1.29 is 14.3 Å². The number of rotatable bonds is 15. The average Bonchev–Trinajstić information content (AvgIpc) is 3.32. The molecule has 0 radical (unpaired) electrons. The number of carbonyl (C=O) groups is 2. The van der Waals surface area contributed by atoms with E-state index >= 15 is 0 Å². The van der Waals surface area contributed by atoms with Crippen LogP contribution in [0.2, 0.25) is 0 Å². The van der Waals surface area contributed by atoms with Crippen LogP contribution in [0.3, 0.4) is 0 Å². The number of methoxy groups -OCH3 is 1. The Morgan fingerprint density at radius 1 is 1.03 bits per heavy atom. The molecule has 2 aromatic carbocycles. The van der Waals surface area contributed by atoms with E-state index in [2.05, 4.69) is 41.3 Å². The lowest BCUT2D eigenvalue weighted by Crippen LogP contribution is -2.53. The minimum Gasteiger partial charge on any atom is -0.467 e. The van der Waals surface area contributed by atoms with Gasteiger partial charge in [0.1, 0.15) is 6.04 Å². The van der Waals surface area contributed by atoms with Crippen molar-refractivity contribution in [3.8, 4) is 0 Å². The third-order valence-electron chi connectivity index (χ3n) is 6.60. The summed E-state index contributed by atoms with van der Waals surface area (Å²) in [4.78, 5) is 29.3. The zero-order chi connectivity index (χ0) is 25.8. The minimum absolute atomic E-state index is 0.0206. The highest BCUT2D eigenvalue weighted by molar-refractivity contribution is 5.89. The maximum Gasteiger partial charge on any atom is 0.328 e. The predicted octanol–water partition coefficient (Wildman–Crippen LogP) is 5.09. The third-order valence-corrected chi connectivity index (χ3v) is 6.60. The van der Waals surface area contributed by atoms with Gasteiger partial charge in [-0.25, -0.2) is 4.79 Å². The SMILES string of the molecule is C=CC(CCc1ccccc1)NC(CCCCC)C(=O)N[C@@H](Cc1c[nH]c2ccccc12)C(=O)OC. The summed E-state index contributed by atoms with van der Waals surface area (Å²) in [5, 5.41) is 7.51. The largest absolute Gasteiger partial charge is 0.467 e. The van der Waals surface area contributed by atoms with E-state index in [0.29, 0.717) is 12.8 Å². The zero-order valence-corrected chi connectivity index (χ0v) is 21.5. The first-order valence-electron chi connectivity index (χ1n) is 12.9. The van der Waals surface area contributed by atoms with Crippen molar-refractivity contribution in [2.75, 3.05) is 7.11 Å². The zero-order valence-electron chi connectivity index (χ0n) is 21.5. The summed E-state index contributed by atoms with van der Waals surface area (Å²) in [6.07, 6.45) is 9.56. The van der Waals surface area contributed by atoms with Crippen LogP contribution in [-0.2, 0) is 27.2 Å². The van der Waals surface area contributed by atoms with E-state index in [0.717, 1.165) is 48.6 Å². The molecule has 0 aliphatic heterocycles. The monoisotopic (exact) mass is 489 g/mol. The van der Waals surface area contributed by atoms with Crippen molar-refractivity contribution >= 4 is 22.8 Å². The number of H-pyrrole nitrogens is 1. The summed E-state index contributed by atoms with van der Waals surface area (Å²) in [6, 6.07) is 17.0. The van der Waals surface area contributed by atoms with E-state index in [1.165, 1.54) is 12.7 Å². The Kier molecular flexibility index (Phi) is 10.8. The number of amides is 1. The van der Waals surface area contributed by atoms with Gasteiger partial charge < -0.3 is 15.0 Å². The summed E-state index contributed by atoms with van der Waals surface area (Å²) in [7, 11) is 1.35. The highest BCUT2D eigenvalue weighted by atomic mass is 16.5. The fourth-order valence-electron chi connectivity index (χ4n) is 4.51. The molecule has 2 unspecified atom stereocenters. The van der Waals surface area contributed by atoms with Gasteiger partial charge in [-0.2, -0.15) is 0 Å². The molecular weight excluding hydrogens is 450 g/mol. The van der Waals surface area contributed by atoms with Gasteiger partial charge in [0.2, 0.25) is 5.91 Å². The van der Waals surface area contributed by atoms with Crippen LogP contribution in [0.15, 0.2) is 73.4 Å². The fraction of sp³-hybridized carbons (Fsp3) is 0.400. The van der Waals surface area contributed by atoms with Gasteiger partial charge in [0.25, 0.3) is 0 Å². The minimum atomic E-state index is -0.774. The summed E-state index contributed by atoms with van der Waals surface area (Å²) in [6.45, 7) is 6.13. The van der Waals surface area contributed by atoms with Crippen LogP contribution in [-0.4, -0.2) is 42.1 Å². The molecule has 1 aromatic heterocycles. The molecule has 1 amide bonds. The van der Waals surface area contributed by atoms with Crippen molar-refractivity contribution in [1.29, 1.82) is 0 Å². The fourth-order valence-corrected chi connectivity index (χ4v) is 4.51. The van der Waals surface area contributed by atoms with E-state index in [9.17, 15) is 9.59 Å². The number of aromatic nitrogens is 1. The van der Waals surface area contributed by atoms with Crippen LogP contribution >= 0.6 is 0 Å². The van der Waals surface area contributed by atoms with E-state index in [4.69, 9.17) is 4.74 Å². The molecule has 0 spiro atoms. The molecule has 6 nitrogen and oxygen atoms in total. The lowest BCUT2D eigenvalue weighted by atomic mass is 10.0. The Balaban J connectivity index is 1.70. The Morgan fingerprint density at radius 3 is 2.50 bits per heavy atom. The molecule has 0 aliphatic rings. The molecular formula is C30H39N3O3. The number of carbonyl (C=O) groups excluding carboxylic acids is 2. The number of para-hydroxylation sites is 1. The van der Waals surface area contributed by atoms with E-state index in [1.54, 1.807) is 0 Å². The van der Waals surface area contributed by atoms with Crippen LogP contribution in [0.25, 0.3) is 10.9 Å². The number of unbranched alkanes of at least 4 members (excludes halogenated alkanes) is 2. The smallest absolute Gasteiger partial charge is 0.328 e. The van der Waals surface area contributed by atoms with E-state index in [-0.39, 0.29) is 11.9 Å². The highest BCUT2D eigenvalue weighted by Crippen LogP contribution is 2.20. The molecule has 192 valence electrons. The molecule has 1 heterocycles. The standard InChI is InChI=1S/C30H39N3O3/c1-4-6-8-17-27(32-24(5-2)19-18-22-13-9-7-10-14-22)29(34)33-28(30(35)36-3)20-23-21-31-26-16-12-11-15-25(23)26/h5,7,9-16,21,24,27-28,31-32H,2,4,6,8,17-20H2,1,3H3,(H,33,34)/t24?,27?,28-/m0/s1. The first-order valence-corrected chi connectivity index (χ1v) is 12.9. The van der Waals surface area contributed by atoms with Gasteiger partial charge in [-0.05, 0) is 36.5 Å². The lowest BCUT2D eigenvalue weighted by Gasteiger charge is -2.25. The molecule has 3 N–H and O–H groups in total. The Hall–Kier alpha value is -3.38. The van der Waals surface area contributed by atoms with Gasteiger partial charge in [-0.1, -0.05) is 80.8 Å². The average molecular weight is 490 g/mol. The molecule has 0 bridgehead atoms. The third kappa shape index (κ3) is 7.82. The summed E-state index contributed by atoms with van der Waals surface area (Å²) >= 11 is 0. The summed E-state index contributed by atoms with van der Waals surface area (Å²) in [5.41, 5.74) is 3.21. The second-order valence-electron chi connectivity index (χ2n) is 9.23.